The number of hydrogen-bond donors (Lipinski definition) is 0. The maximum absolute atomic E-state index is 12.8. The summed E-state index contributed by atoms with van der Waals surface area (Å²) in [6.45, 7) is 0. The molecule has 13 heavy (non-hydrogen) atoms. The topological polar surface area (TPSA) is 12.9 Å². The van der Waals surface area contributed by atoms with Gasteiger partial charge in [-0.1, -0.05) is 12.1 Å². The van der Waals surface area contributed by atoms with Gasteiger partial charge in [0, 0.05) is 6.20 Å². The highest BCUT2D eigenvalue weighted by molar-refractivity contribution is 5.62. The van der Waals surface area contributed by atoms with Gasteiger partial charge in [-0.2, -0.15) is 0 Å². The molecule has 2 aromatic rings. The Morgan fingerprint density at radius 1 is 1.15 bits per heavy atom. The molecule has 1 radical (unpaired) electrons. The van der Waals surface area contributed by atoms with Crippen molar-refractivity contribution in [1.82, 2.24) is 4.98 Å². The third-order valence-electron chi connectivity index (χ3n) is 1.78. The molecule has 0 fully saturated rings. The molecule has 0 saturated carbocycles. The molecule has 1 heterocycles. The van der Waals surface area contributed by atoms with Crippen molar-refractivity contribution in [2.75, 3.05) is 0 Å². The van der Waals surface area contributed by atoms with E-state index in [0.29, 0.717) is 0 Å². The standard InChI is InChI=1S/C11H7FN/c12-11-3-1-2-10(8-11)9-4-6-13-7-5-9/h1-6,8H. The lowest BCUT2D eigenvalue weighted by atomic mass is 10.1. The first-order chi connectivity index (χ1) is 6.36. The summed E-state index contributed by atoms with van der Waals surface area (Å²) in [6.07, 6.45) is 4.35. The number of hydrogen-bond acceptors (Lipinski definition) is 1. The lowest BCUT2D eigenvalue weighted by molar-refractivity contribution is 0.628. The van der Waals surface area contributed by atoms with Gasteiger partial charge in [-0.25, -0.2) is 4.39 Å². The Bertz CT molecular complexity index is 398. The number of benzene rings is 1. The van der Waals surface area contributed by atoms with Crippen LogP contribution in [0.1, 0.15) is 0 Å². The van der Waals surface area contributed by atoms with Gasteiger partial charge in [0.2, 0.25) is 0 Å². The monoisotopic (exact) mass is 172 g/mol. The van der Waals surface area contributed by atoms with Gasteiger partial charge in [0.05, 0.1) is 6.20 Å². The van der Waals surface area contributed by atoms with Gasteiger partial charge in [-0.15, -0.1) is 0 Å². The Balaban J connectivity index is 2.48. The van der Waals surface area contributed by atoms with Crippen LogP contribution in [-0.4, -0.2) is 4.98 Å². The molecule has 0 atom stereocenters. The second-order valence-electron chi connectivity index (χ2n) is 2.68. The number of aromatic nitrogens is 1. The highest BCUT2D eigenvalue weighted by Crippen LogP contribution is 2.18. The molecule has 0 aliphatic rings. The molecule has 0 aliphatic heterocycles. The fraction of sp³-hybridized carbons (Fsp3) is 0. The maximum Gasteiger partial charge on any atom is 0.123 e. The van der Waals surface area contributed by atoms with Crippen LogP contribution in [0.3, 0.4) is 0 Å². The third-order valence-corrected chi connectivity index (χ3v) is 1.78. The van der Waals surface area contributed by atoms with Gasteiger partial charge < -0.3 is 0 Å². The highest BCUT2D eigenvalue weighted by atomic mass is 19.1. The van der Waals surface area contributed by atoms with E-state index in [-0.39, 0.29) is 5.82 Å². The van der Waals surface area contributed by atoms with E-state index < -0.39 is 0 Å². The average Bonchev–Trinajstić information content (AvgIpc) is 2.19. The number of halogens is 1. The molecule has 2 rings (SSSR count). The van der Waals surface area contributed by atoms with Crippen molar-refractivity contribution in [3.05, 3.63) is 54.6 Å². The average molecular weight is 172 g/mol. The first kappa shape index (κ1) is 7.92. The second kappa shape index (κ2) is 3.35. The van der Waals surface area contributed by atoms with E-state index in [4.69, 9.17) is 0 Å². The normalized spacial score (nSPS) is 9.92. The van der Waals surface area contributed by atoms with Crippen LogP contribution in [0.5, 0.6) is 0 Å². The van der Waals surface area contributed by atoms with Crippen LogP contribution in [-0.2, 0) is 0 Å². The summed E-state index contributed by atoms with van der Waals surface area (Å²) >= 11 is 0. The summed E-state index contributed by atoms with van der Waals surface area (Å²) in [4.78, 5) is 3.77. The van der Waals surface area contributed by atoms with E-state index in [2.05, 4.69) is 11.2 Å². The van der Waals surface area contributed by atoms with Crippen LogP contribution in [0.4, 0.5) is 4.39 Å². The molecular formula is C11H7FN. The van der Waals surface area contributed by atoms with E-state index in [0.717, 1.165) is 11.1 Å². The van der Waals surface area contributed by atoms with E-state index in [1.54, 1.807) is 18.3 Å². The molecule has 0 unspecified atom stereocenters. The zero-order valence-electron chi connectivity index (χ0n) is 6.87. The van der Waals surface area contributed by atoms with Crippen molar-refractivity contribution in [3.63, 3.8) is 0 Å². The van der Waals surface area contributed by atoms with Crippen molar-refractivity contribution in [2.45, 2.75) is 0 Å². The summed E-state index contributed by atoms with van der Waals surface area (Å²) in [5, 5.41) is 0. The predicted octanol–water partition coefficient (Wildman–Crippen LogP) is 2.69. The van der Waals surface area contributed by atoms with Crippen molar-refractivity contribution in [3.8, 4) is 11.1 Å². The van der Waals surface area contributed by atoms with E-state index in [9.17, 15) is 4.39 Å². The minimum absolute atomic E-state index is 0.227. The van der Waals surface area contributed by atoms with Crippen LogP contribution in [0.25, 0.3) is 11.1 Å². The Kier molecular flexibility index (Phi) is 2.04. The minimum atomic E-state index is -0.227. The Morgan fingerprint density at radius 2 is 2.08 bits per heavy atom. The van der Waals surface area contributed by atoms with Crippen LogP contribution < -0.4 is 0 Å². The molecule has 2 heteroatoms. The fourth-order valence-electron chi connectivity index (χ4n) is 1.16. The van der Waals surface area contributed by atoms with Crippen LogP contribution in [0.2, 0.25) is 0 Å². The van der Waals surface area contributed by atoms with Crippen molar-refractivity contribution < 1.29 is 4.39 Å². The van der Waals surface area contributed by atoms with Gasteiger partial charge in [0.15, 0.2) is 0 Å². The molecule has 63 valence electrons. The number of pyridine rings is 1. The minimum Gasteiger partial charge on any atom is -0.255 e. The second-order valence-corrected chi connectivity index (χ2v) is 2.68. The molecular weight excluding hydrogens is 165 g/mol. The molecule has 0 bridgehead atoms. The van der Waals surface area contributed by atoms with E-state index in [1.165, 1.54) is 12.1 Å². The Morgan fingerprint density at radius 3 is 2.77 bits per heavy atom. The van der Waals surface area contributed by atoms with Gasteiger partial charge in [-0.3, -0.25) is 4.98 Å². The molecule has 0 amide bonds. The van der Waals surface area contributed by atoms with Crippen LogP contribution in [0.15, 0.2) is 42.6 Å². The summed E-state index contributed by atoms with van der Waals surface area (Å²) in [5.41, 5.74) is 1.77. The van der Waals surface area contributed by atoms with Crippen LogP contribution in [0, 0.1) is 12.0 Å². The summed E-state index contributed by atoms with van der Waals surface area (Å²) in [7, 11) is 0. The molecule has 0 spiro atoms. The van der Waals surface area contributed by atoms with Crippen molar-refractivity contribution in [1.29, 1.82) is 0 Å². The largest absolute Gasteiger partial charge is 0.255 e. The maximum atomic E-state index is 12.8. The van der Waals surface area contributed by atoms with Gasteiger partial charge in [0.1, 0.15) is 5.82 Å². The SMILES string of the molecule is Fc1cccc(-c2c[c]ncc2)c1. The van der Waals surface area contributed by atoms with E-state index in [1.807, 2.05) is 12.1 Å². The number of nitrogens with zero attached hydrogens (tertiary/aromatic N) is 1. The first-order valence-electron chi connectivity index (χ1n) is 3.94. The quantitative estimate of drug-likeness (QED) is 0.644. The van der Waals surface area contributed by atoms with Gasteiger partial charge >= 0.3 is 0 Å². The molecule has 1 aromatic heterocycles. The lowest BCUT2D eigenvalue weighted by Crippen LogP contribution is -1.79. The predicted molar refractivity (Wildman–Crippen MR) is 48.5 cm³/mol. The van der Waals surface area contributed by atoms with Crippen molar-refractivity contribution >= 4 is 0 Å². The Hall–Kier alpha value is -1.70. The molecule has 1 nitrogen and oxygen atoms in total. The summed E-state index contributed by atoms with van der Waals surface area (Å²) in [5.74, 6) is -0.227. The smallest absolute Gasteiger partial charge is 0.123 e. The summed E-state index contributed by atoms with van der Waals surface area (Å²) in [6, 6.07) is 10.0. The first-order valence-corrected chi connectivity index (χ1v) is 3.94. The third kappa shape index (κ3) is 1.72. The van der Waals surface area contributed by atoms with Crippen LogP contribution >= 0.6 is 0 Å². The molecule has 0 saturated heterocycles. The van der Waals surface area contributed by atoms with E-state index >= 15 is 0 Å². The van der Waals surface area contributed by atoms with Gasteiger partial charge in [0.25, 0.3) is 0 Å². The fourth-order valence-corrected chi connectivity index (χ4v) is 1.16. The highest BCUT2D eigenvalue weighted by Gasteiger charge is 1.97. The van der Waals surface area contributed by atoms with Crippen molar-refractivity contribution in [2.24, 2.45) is 0 Å². The zero-order chi connectivity index (χ0) is 9.10. The molecule has 1 aromatic carbocycles. The Labute approximate surface area is 75.9 Å². The lowest BCUT2D eigenvalue weighted by Gasteiger charge is -1.99. The zero-order valence-corrected chi connectivity index (χ0v) is 6.87. The van der Waals surface area contributed by atoms with Gasteiger partial charge in [-0.05, 0) is 35.4 Å². The molecule has 0 N–H and O–H groups in total. The molecule has 0 aliphatic carbocycles. The number of rotatable bonds is 1. The summed E-state index contributed by atoms with van der Waals surface area (Å²) < 4.78 is 12.8.